The number of aliphatic hydroxyl groups excluding tert-OH is 2. The van der Waals surface area contributed by atoms with Gasteiger partial charge in [-0.25, -0.2) is 0 Å². The van der Waals surface area contributed by atoms with Gasteiger partial charge in [-0.1, -0.05) is 0 Å². The van der Waals surface area contributed by atoms with Gasteiger partial charge in [-0.3, -0.25) is 0 Å². The molecule has 2 unspecified atom stereocenters. The SMILES string of the molecule is NCCCCC(O)C(CO)OCCN. The summed E-state index contributed by atoms with van der Waals surface area (Å²) in [6, 6.07) is 0. The summed E-state index contributed by atoms with van der Waals surface area (Å²) in [7, 11) is 0. The fourth-order valence-electron chi connectivity index (χ4n) is 1.19. The van der Waals surface area contributed by atoms with Gasteiger partial charge in [-0.15, -0.1) is 0 Å². The van der Waals surface area contributed by atoms with Crippen molar-refractivity contribution in [1.29, 1.82) is 0 Å². The van der Waals surface area contributed by atoms with E-state index >= 15 is 0 Å². The van der Waals surface area contributed by atoms with Gasteiger partial charge >= 0.3 is 0 Å². The van der Waals surface area contributed by atoms with Crippen LogP contribution < -0.4 is 11.5 Å². The van der Waals surface area contributed by atoms with Crippen molar-refractivity contribution in [2.24, 2.45) is 11.5 Å². The Morgan fingerprint density at radius 1 is 1.14 bits per heavy atom. The van der Waals surface area contributed by atoms with Crippen LogP contribution in [0.15, 0.2) is 0 Å². The molecule has 0 saturated carbocycles. The van der Waals surface area contributed by atoms with E-state index < -0.39 is 12.2 Å². The van der Waals surface area contributed by atoms with Crippen LogP contribution in [-0.4, -0.2) is 48.7 Å². The summed E-state index contributed by atoms with van der Waals surface area (Å²) in [6.07, 6.45) is 1.19. The molecule has 0 aliphatic rings. The lowest BCUT2D eigenvalue weighted by atomic mass is 10.1. The summed E-state index contributed by atoms with van der Waals surface area (Å²) >= 11 is 0. The molecule has 0 rings (SSSR count). The fourth-order valence-corrected chi connectivity index (χ4v) is 1.19. The van der Waals surface area contributed by atoms with E-state index in [2.05, 4.69) is 0 Å². The molecule has 5 nitrogen and oxygen atoms in total. The van der Waals surface area contributed by atoms with Crippen molar-refractivity contribution < 1.29 is 14.9 Å². The monoisotopic (exact) mass is 206 g/mol. The fraction of sp³-hybridized carbons (Fsp3) is 1.00. The lowest BCUT2D eigenvalue weighted by molar-refractivity contribution is -0.0636. The van der Waals surface area contributed by atoms with Crippen LogP contribution >= 0.6 is 0 Å². The lowest BCUT2D eigenvalue weighted by Crippen LogP contribution is -2.34. The lowest BCUT2D eigenvalue weighted by Gasteiger charge is -2.20. The molecule has 0 aromatic heterocycles. The number of rotatable bonds is 9. The van der Waals surface area contributed by atoms with Crippen molar-refractivity contribution in [1.82, 2.24) is 0 Å². The van der Waals surface area contributed by atoms with Crippen molar-refractivity contribution in [2.75, 3.05) is 26.3 Å². The van der Waals surface area contributed by atoms with Gasteiger partial charge in [0, 0.05) is 6.54 Å². The second-order valence-corrected chi connectivity index (χ2v) is 3.23. The minimum absolute atomic E-state index is 0.177. The third-order valence-corrected chi connectivity index (χ3v) is 2.01. The summed E-state index contributed by atoms with van der Waals surface area (Å²) in [4.78, 5) is 0. The normalized spacial score (nSPS) is 15.4. The second kappa shape index (κ2) is 9.36. The van der Waals surface area contributed by atoms with Crippen LogP contribution in [0, 0.1) is 0 Å². The Labute approximate surface area is 85.0 Å². The molecule has 0 heterocycles. The molecule has 5 heteroatoms. The largest absolute Gasteiger partial charge is 0.394 e. The highest BCUT2D eigenvalue weighted by molar-refractivity contribution is 4.68. The predicted molar refractivity (Wildman–Crippen MR) is 54.8 cm³/mol. The number of hydrogen-bond donors (Lipinski definition) is 4. The van der Waals surface area contributed by atoms with Gasteiger partial charge in [0.05, 0.1) is 19.3 Å². The zero-order valence-corrected chi connectivity index (χ0v) is 8.56. The van der Waals surface area contributed by atoms with E-state index in [1.165, 1.54) is 0 Å². The molecule has 6 N–H and O–H groups in total. The maximum absolute atomic E-state index is 9.60. The van der Waals surface area contributed by atoms with E-state index in [1.807, 2.05) is 0 Å². The Hall–Kier alpha value is -0.200. The average molecular weight is 206 g/mol. The van der Waals surface area contributed by atoms with Gasteiger partial charge in [0.15, 0.2) is 0 Å². The molecule has 0 spiro atoms. The zero-order chi connectivity index (χ0) is 10.8. The number of aliphatic hydroxyl groups is 2. The first-order valence-electron chi connectivity index (χ1n) is 5.07. The van der Waals surface area contributed by atoms with Gasteiger partial charge in [-0.2, -0.15) is 0 Å². The van der Waals surface area contributed by atoms with E-state index in [9.17, 15) is 5.11 Å². The van der Waals surface area contributed by atoms with Crippen molar-refractivity contribution in [3.8, 4) is 0 Å². The van der Waals surface area contributed by atoms with E-state index in [0.717, 1.165) is 12.8 Å². The molecule has 14 heavy (non-hydrogen) atoms. The number of hydrogen-bond acceptors (Lipinski definition) is 5. The summed E-state index contributed by atoms with van der Waals surface area (Å²) < 4.78 is 5.18. The Kier molecular flexibility index (Phi) is 9.23. The minimum Gasteiger partial charge on any atom is -0.394 e. The van der Waals surface area contributed by atoms with E-state index in [1.54, 1.807) is 0 Å². The highest BCUT2D eigenvalue weighted by Crippen LogP contribution is 2.07. The quantitative estimate of drug-likeness (QED) is 0.355. The Morgan fingerprint density at radius 2 is 1.86 bits per heavy atom. The van der Waals surface area contributed by atoms with Crippen LogP contribution in [0.25, 0.3) is 0 Å². The third-order valence-electron chi connectivity index (χ3n) is 2.01. The molecule has 0 aliphatic heterocycles. The number of unbranched alkanes of at least 4 members (excludes halogenated alkanes) is 1. The topological polar surface area (TPSA) is 102 Å². The average Bonchev–Trinajstić information content (AvgIpc) is 2.19. The molecular formula is C9H22N2O3. The molecule has 2 atom stereocenters. The summed E-state index contributed by atoms with van der Waals surface area (Å²) in [6.45, 7) is 1.20. The molecule has 0 bridgehead atoms. The first kappa shape index (κ1) is 13.8. The van der Waals surface area contributed by atoms with Gasteiger partial charge in [-0.05, 0) is 25.8 Å². The number of nitrogens with two attached hydrogens (primary N) is 2. The van der Waals surface area contributed by atoms with E-state index in [4.69, 9.17) is 21.3 Å². The van der Waals surface area contributed by atoms with Gasteiger partial charge < -0.3 is 26.4 Å². The van der Waals surface area contributed by atoms with Crippen molar-refractivity contribution in [2.45, 2.75) is 31.5 Å². The molecule has 0 aromatic rings. The molecular weight excluding hydrogens is 184 g/mol. The first-order valence-corrected chi connectivity index (χ1v) is 5.07. The van der Waals surface area contributed by atoms with Crippen LogP contribution in [0.2, 0.25) is 0 Å². The standard InChI is InChI=1S/C9H22N2O3/c10-4-2-1-3-8(13)9(7-12)14-6-5-11/h8-9,12-13H,1-7,10-11H2. The highest BCUT2D eigenvalue weighted by atomic mass is 16.5. The van der Waals surface area contributed by atoms with E-state index in [-0.39, 0.29) is 6.61 Å². The molecule has 86 valence electrons. The van der Waals surface area contributed by atoms with Crippen LogP contribution in [0.5, 0.6) is 0 Å². The summed E-state index contributed by atoms with van der Waals surface area (Å²) in [5.74, 6) is 0. The molecule has 0 saturated heterocycles. The molecule has 0 fully saturated rings. The maximum Gasteiger partial charge on any atom is 0.106 e. The minimum atomic E-state index is -0.627. The predicted octanol–water partition coefficient (Wildman–Crippen LogP) is -1.19. The zero-order valence-electron chi connectivity index (χ0n) is 8.56. The van der Waals surface area contributed by atoms with Crippen LogP contribution in [-0.2, 0) is 4.74 Å². The third kappa shape index (κ3) is 6.28. The number of ether oxygens (including phenoxy) is 1. The molecule has 0 aromatic carbocycles. The van der Waals surface area contributed by atoms with Crippen molar-refractivity contribution in [3.05, 3.63) is 0 Å². The first-order chi connectivity index (χ1) is 6.76. The van der Waals surface area contributed by atoms with Gasteiger partial charge in [0.2, 0.25) is 0 Å². The Bertz CT molecular complexity index is 125. The van der Waals surface area contributed by atoms with Gasteiger partial charge in [0.25, 0.3) is 0 Å². The summed E-state index contributed by atoms with van der Waals surface area (Å²) in [5, 5.41) is 18.5. The summed E-state index contributed by atoms with van der Waals surface area (Å²) in [5.41, 5.74) is 10.6. The Morgan fingerprint density at radius 3 is 2.36 bits per heavy atom. The Balaban J connectivity index is 3.61. The van der Waals surface area contributed by atoms with Crippen LogP contribution in [0.1, 0.15) is 19.3 Å². The van der Waals surface area contributed by atoms with Crippen molar-refractivity contribution in [3.63, 3.8) is 0 Å². The van der Waals surface area contributed by atoms with Crippen LogP contribution in [0.4, 0.5) is 0 Å². The van der Waals surface area contributed by atoms with Gasteiger partial charge in [0.1, 0.15) is 6.10 Å². The van der Waals surface area contributed by atoms with Crippen LogP contribution in [0.3, 0.4) is 0 Å². The molecule has 0 amide bonds. The maximum atomic E-state index is 9.60. The smallest absolute Gasteiger partial charge is 0.106 e. The highest BCUT2D eigenvalue weighted by Gasteiger charge is 2.17. The second-order valence-electron chi connectivity index (χ2n) is 3.23. The molecule has 0 radical (unpaired) electrons. The molecule has 0 aliphatic carbocycles. The van der Waals surface area contributed by atoms with Crippen molar-refractivity contribution >= 4 is 0 Å². The van der Waals surface area contributed by atoms with E-state index in [0.29, 0.717) is 26.1 Å².